The van der Waals surface area contributed by atoms with Gasteiger partial charge in [-0.05, 0) is 31.0 Å². The molecule has 0 aromatic heterocycles. The molecule has 8 nitrogen and oxygen atoms in total. The SMILES string of the molecule is COc1cc(C)c(Cl)cc1S(=O)(=O)NC(CCC(N)=O)C(=O)O. The van der Waals surface area contributed by atoms with Crippen LogP contribution in [-0.2, 0) is 19.6 Å². The normalized spacial score (nSPS) is 12.7. The molecule has 0 radical (unpaired) electrons. The van der Waals surface area contributed by atoms with Crippen LogP contribution in [0.25, 0.3) is 0 Å². The maximum atomic E-state index is 12.4. The molecule has 1 aromatic carbocycles. The molecule has 1 aromatic rings. The summed E-state index contributed by atoms with van der Waals surface area (Å²) in [6.07, 6.45) is -0.545. The number of hydrogen-bond donors (Lipinski definition) is 3. The van der Waals surface area contributed by atoms with Gasteiger partial charge in [-0.2, -0.15) is 4.72 Å². The number of amides is 1. The topological polar surface area (TPSA) is 136 Å². The molecule has 0 fully saturated rings. The lowest BCUT2D eigenvalue weighted by Crippen LogP contribution is -2.41. The highest BCUT2D eigenvalue weighted by Crippen LogP contribution is 2.30. The molecule has 0 bridgehead atoms. The van der Waals surface area contributed by atoms with Gasteiger partial charge in [0.2, 0.25) is 15.9 Å². The van der Waals surface area contributed by atoms with Crippen LogP contribution in [0.4, 0.5) is 0 Å². The number of carbonyl (C=O) groups is 2. The number of aryl methyl sites for hydroxylation is 1. The lowest BCUT2D eigenvalue weighted by atomic mass is 10.2. The van der Waals surface area contributed by atoms with Gasteiger partial charge < -0.3 is 15.6 Å². The Balaban J connectivity index is 3.17. The first kappa shape index (κ1) is 19.2. The molecule has 1 unspecified atom stereocenters. The molecule has 4 N–H and O–H groups in total. The van der Waals surface area contributed by atoms with E-state index in [4.69, 9.17) is 27.2 Å². The zero-order valence-corrected chi connectivity index (χ0v) is 14.1. The van der Waals surface area contributed by atoms with Crippen molar-refractivity contribution in [2.75, 3.05) is 7.11 Å². The van der Waals surface area contributed by atoms with E-state index >= 15 is 0 Å². The third kappa shape index (κ3) is 5.08. The van der Waals surface area contributed by atoms with Crippen LogP contribution in [0.1, 0.15) is 18.4 Å². The number of hydrogen-bond acceptors (Lipinski definition) is 5. The second-order valence-corrected chi connectivity index (χ2v) is 6.86. The number of nitrogens with two attached hydrogens (primary N) is 1. The Hall–Kier alpha value is -1.84. The molecular weight excluding hydrogens is 348 g/mol. The second kappa shape index (κ2) is 7.62. The van der Waals surface area contributed by atoms with E-state index in [9.17, 15) is 18.0 Å². The predicted octanol–water partition coefficient (Wildman–Crippen LogP) is 0.654. The van der Waals surface area contributed by atoms with Gasteiger partial charge in [-0.1, -0.05) is 11.6 Å². The zero-order chi connectivity index (χ0) is 17.8. The van der Waals surface area contributed by atoms with E-state index < -0.39 is 27.9 Å². The maximum Gasteiger partial charge on any atom is 0.321 e. The number of aliphatic carboxylic acids is 1. The summed E-state index contributed by atoms with van der Waals surface area (Å²) in [7, 11) is -2.95. The number of sulfonamides is 1. The molecule has 0 heterocycles. The number of nitrogens with one attached hydrogen (secondary N) is 1. The van der Waals surface area contributed by atoms with E-state index in [0.717, 1.165) is 0 Å². The van der Waals surface area contributed by atoms with Crippen LogP contribution in [0.5, 0.6) is 5.75 Å². The minimum Gasteiger partial charge on any atom is -0.495 e. The highest BCUT2D eigenvalue weighted by Gasteiger charge is 2.28. The molecule has 0 saturated carbocycles. The Labute approximate surface area is 138 Å². The number of benzene rings is 1. The first-order valence-corrected chi connectivity index (χ1v) is 8.32. The smallest absolute Gasteiger partial charge is 0.321 e. The van der Waals surface area contributed by atoms with Gasteiger partial charge in [-0.25, -0.2) is 8.42 Å². The van der Waals surface area contributed by atoms with Crippen molar-refractivity contribution in [2.24, 2.45) is 5.73 Å². The average molecular weight is 365 g/mol. The summed E-state index contributed by atoms with van der Waals surface area (Å²) in [6.45, 7) is 1.67. The third-order valence-electron chi connectivity index (χ3n) is 3.01. The lowest BCUT2D eigenvalue weighted by Gasteiger charge is -2.16. The molecule has 10 heteroatoms. The van der Waals surface area contributed by atoms with Crippen LogP contribution in [0.2, 0.25) is 5.02 Å². The summed E-state index contributed by atoms with van der Waals surface area (Å²) in [5.41, 5.74) is 5.55. The van der Waals surface area contributed by atoms with Gasteiger partial charge in [0.1, 0.15) is 16.7 Å². The van der Waals surface area contributed by atoms with E-state index in [2.05, 4.69) is 0 Å². The molecule has 1 rings (SSSR count). The van der Waals surface area contributed by atoms with Crippen molar-refractivity contribution in [2.45, 2.75) is 30.7 Å². The van der Waals surface area contributed by atoms with Crippen molar-refractivity contribution in [1.82, 2.24) is 4.72 Å². The Morgan fingerprint density at radius 1 is 1.43 bits per heavy atom. The van der Waals surface area contributed by atoms with Gasteiger partial charge in [0.15, 0.2) is 0 Å². The van der Waals surface area contributed by atoms with E-state index in [1.807, 2.05) is 4.72 Å². The second-order valence-electron chi connectivity index (χ2n) is 4.77. The zero-order valence-electron chi connectivity index (χ0n) is 12.5. The molecule has 0 saturated heterocycles. The molecule has 1 atom stereocenters. The minimum absolute atomic E-state index is 0.0263. The summed E-state index contributed by atoms with van der Waals surface area (Å²) in [5.74, 6) is -2.13. The van der Waals surface area contributed by atoms with Crippen LogP contribution in [0, 0.1) is 6.92 Å². The van der Waals surface area contributed by atoms with Gasteiger partial charge in [-0.3, -0.25) is 9.59 Å². The van der Waals surface area contributed by atoms with Gasteiger partial charge >= 0.3 is 5.97 Å². The fourth-order valence-electron chi connectivity index (χ4n) is 1.78. The van der Waals surface area contributed by atoms with E-state index in [1.165, 1.54) is 19.2 Å². The molecule has 128 valence electrons. The number of carboxylic acid groups (broad SMARTS) is 1. The summed E-state index contributed by atoms with van der Waals surface area (Å²) < 4.78 is 31.8. The third-order valence-corrected chi connectivity index (χ3v) is 4.91. The molecular formula is C13H17ClN2O6S. The Morgan fingerprint density at radius 3 is 2.52 bits per heavy atom. The Bertz CT molecular complexity index is 719. The fraction of sp³-hybridized carbons (Fsp3) is 0.385. The number of carboxylic acids is 1. The number of primary amides is 1. The van der Waals surface area contributed by atoms with Gasteiger partial charge in [0, 0.05) is 11.4 Å². The Morgan fingerprint density at radius 2 is 2.04 bits per heavy atom. The molecule has 0 aliphatic carbocycles. The average Bonchev–Trinajstić information content (AvgIpc) is 2.45. The first-order valence-electron chi connectivity index (χ1n) is 6.46. The predicted molar refractivity (Wildman–Crippen MR) is 82.9 cm³/mol. The van der Waals surface area contributed by atoms with Crippen molar-refractivity contribution < 1.29 is 27.9 Å². The lowest BCUT2D eigenvalue weighted by molar-refractivity contribution is -0.139. The summed E-state index contributed by atoms with van der Waals surface area (Å²) in [4.78, 5) is 21.6. The highest BCUT2D eigenvalue weighted by molar-refractivity contribution is 7.89. The quantitative estimate of drug-likeness (QED) is 0.619. The van der Waals surface area contributed by atoms with Crippen molar-refractivity contribution >= 4 is 33.5 Å². The van der Waals surface area contributed by atoms with Crippen LogP contribution >= 0.6 is 11.6 Å². The van der Waals surface area contributed by atoms with Crippen LogP contribution in [0.15, 0.2) is 17.0 Å². The first-order chi connectivity index (χ1) is 10.6. The molecule has 0 aliphatic heterocycles. The Kier molecular flexibility index (Phi) is 6.37. The molecule has 0 spiro atoms. The van der Waals surface area contributed by atoms with Crippen molar-refractivity contribution in [3.05, 3.63) is 22.7 Å². The van der Waals surface area contributed by atoms with Gasteiger partial charge in [0.05, 0.1) is 7.11 Å². The largest absolute Gasteiger partial charge is 0.495 e. The maximum absolute atomic E-state index is 12.4. The van der Waals surface area contributed by atoms with E-state index in [-0.39, 0.29) is 28.5 Å². The number of methoxy groups -OCH3 is 1. The number of halogens is 1. The summed E-state index contributed by atoms with van der Waals surface area (Å²) in [5, 5.41) is 9.28. The van der Waals surface area contributed by atoms with Gasteiger partial charge in [0.25, 0.3) is 0 Å². The number of carbonyl (C=O) groups excluding carboxylic acids is 1. The molecule has 1 amide bonds. The minimum atomic E-state index is -4.23. The van der Waals surface area contributed by atoms with Gasteiger partial charge in [-0.15, -0.1) is 0 Å². The summed E-state index contributed by atoms with van der Waals surface area (Å²) >= 11 is 5.93. The molecule has 0 aliphatic rings. The highest BCUT2D eigenvalue weighted by atomic mass is 35.5. The monoisotopic (exact) mass is 364 g/mol. The fourth-order valence-corrected chi connectivity index (χ4v) is 3.41. The van der Waals surface area contributed by atoms with Crippen molar-refractivity contribution in [1.29, 1.82) is 0 Å². The van der Waals surface area contributed by atoms with E-state index in [1.54, 1.807) is 6.92 Å². The number of ether oxygens (including phenoxy) is 1. The number of rotatable bonds is 8. The van der Waals surface area contributed by atoms with Crippen LogP contribution < -0.4 is 15.2 Å². The standard InChI is InChI=1S/C13H17ClN2O6S/c1-7-5-10(22-2)11(6-8(7)14)23(20,21)16-9(13(18)19)3-4-12(15)17/h5-6,9,16H,3-4H2,1-2H3,(H2,15,17)(H,18,19). The van der Waals surface area contributed by atoms with E-state index in [0.29, 0.717) is 5.56 Å². The van der Waals surface area contributed by atoms with Crippen molar-refractivity contribution in [3.8, 4) is 5.75 Å². The van der Waals surface area contributed by atoms with Crippen molar-refractivity contribution in [3.63, 3.8) is 0 Å². The summed E-state index contributed by atoms with van der Waals surface area (Å²) in [6, 6.07) is 1.10. The molecule has 23 heavy (non-hydrogen) atoms. The van der Waals surface area contributed by atoms with Crippen LogP contribution in [-0.4, -0.2) is 38.6 Å². The van der Waals surface area contributed by atoms with Crippen LogP contribution in [0.3, 0.4) is 0 Å².